The van der Waals surface area contributed by atoms with Gasteiger partial charge in [-0.15, -0.1) is 11.8 Å². The van der Waals surface area contributed by atoms with Gasteiger partial charge in [0, 0.05) is 0 Å². The van der Waals surface area contributed by atoms with Gasteiger partial charge in [0.15, 0.2) is 0 Å². The number of hydrogen-bond acceptors (Lipinski definition) is 3. The van der Waals surface area contributed by atoms with Gasteiger partial charge in [-0.2, -0.15) is 0 Å². The summed E-state index contributed by atoms with van der Waals surface area (Å²) in [5.74, 6) is 0.976. The fourth-order valence-corrected chi connectivity index (χ4v) is 0.933. The lowest BCUT2D eigenvalue weighted by molar-refractivity contribution is 0.717. The Hall–Kier alpha value is 0.270. The molecule has 0 spiro atoms. The van der Waals surface area contributed by atoms with E-state index in [1.165, 1.54) is 0 Å². The van der Waals surface area contributed by atoms with Crippen molar-refractivity contribution in [2.45, 2.75) is 18.8 Å². The van der Waals surface area contributed by atoms with Crippen LogP contribution in [0.25, 0.3) is 0 Å². The molecule has 0 saturated carbocycles. The largest absolute Gasteiger partial charge is 0.305 e. The molecule has 0 unspecified atom stereocenters. The molecule has 0 aliphatic heterocycles. The van der Waals surface area contributed by atoms with Crippen molar-refractivity contribution in [3.05, 3.63) is 0 Å². The van der Waals surface area contributed by atoms with Crippen LogP contribution in [-0.2, 0) is 0 Å². The molecular weight excluding hydrogens is 108 g/mol. The first-order valence-corrected chi connectivity index (χ1v) is 3.26. The van der Waals surface area contributed by atoms with Crippen LogP contribution in [0, 0.1) is 0 Å². The van der Waals surface area contributed by atoms with Crippen LogP contribution in [0.1, 0.15) is 13.8 Å². The molecule has 44 valence electrons. The lowest BCUT2D eigenvalue weighted by atomic mass is 10.6. The van der Waals surface area contributed by atoms with Crippen LogP contribution < -0.4 is 11.5 Å². The van der Waals surface area contributed by atoms with Crippen molar-refractivity contribution in [3.63, 3.8) is 0 Å². The number of thioether (sulfide) groups is 1. The maximum absolute atomic E-state index is 5.39. The molecule has 0 aliphatic carbocycles. The maximum atomic E-state index is 5.39. The van der Waals surface area contributed by atoms with Gasteiger partial charge in [0.25, 0.3) is 0 Å². The van der Waals surface area contributed by atoms with E-state index in [-0.39, 0.29) is 0 Å². The van der Waals surface area contributed by atoms with Gasteiger partial charge < -0.3 is 11.5 Å². The Labute approximate surface area is 48.6 Å². The Morgan fingerprint density at radius 2 is 2.00 bits per heavy atom. The van der Waals surface area contributed by atoms with Crippen molar-refractivity contribution in [2.24, 2.45) is 11.5 Å². The summed E-state index contributed by atoms with van der Waals surface area (Å²) in [4.78, 5) is -0.533. The first-order valence-electron chi connectivity index (χ1n) is 2.28. The fourth-order valence-electron chi connectivity index (χ4n) is 0.311. The van der Waals surface area contributed by atoms with Gasteiger partial charge in [-0.1, -0.05) is 6.92 Å². The van der Waals surface area contributed by atoms with Gasteiger partial charge in [0.05, 0.1) is 0 Å². The van der Waals surface area contributed by atoms with Gasteiger partial charge in [0.1, 0.15) is 4.99 Å². The Kier molecular flexibility index (Phi) is 2.64. The van der Waals surface area contributed by atoms with E-state index in [9.17, 15) is 0 Å². The first-order chi connectivity index (χ1) is 3.06. The minimum atomic E-state index is -0.533. The lowest BCUT2D eigenvalue weighted by Gasteiger charge is -2.15. The topological polar surface area (TPSA) is 52.0 Å². The second kappa shape index (κ2) is 2.55. The van der Waals surface area contributed by atoms with Gasteiger partial charge in [0.2, 0.25) is 0 Å². The first kappa shape index (κ1) is 7.27. The summed E-state index contributed by atoms with van der Waals surface area (Å²) in [6.07, 6.45) is 0. The van der Waals surface area contributed by atoms with Crippen LogP contribution in [0.2, 0.25) is 0 Å². The molecule has 0 atom stereocenters. The van der Waals surface area contributed by atoms with Crippen molar-refractivity contribution >= 4 is 11.8 Å². The highest BCUT2D eigenvalue weighted by Crippen LogP contribution is 2.09. The molecule has 0 fully saturated rings. The molecule has 0 aromatic carbocycles. The molecule has 3 heteroatoms. The predicted molar refractivity (Wildman–Crippen MR) is 34.9 cm³/mol. The Morgan fingerprint density at radius 3 is 2.00 bits per heavy atom. The quantitative estimate of drug-likeness (QED) is 0.516. The van der Waals surface area contributed by atoms with E-state index in [2.05, 4.69) is 0 Å². The van der Waals surface area contributed by atoms with E-state index in [1.54, 1.807) is 18.7 Å². The minimum Gasteiger partial charge on any atom is -0.305 e. The van der Waals surface area contributed by atoms with Crippen molar-refractivity contribution in [1.82, 2.24) is 0 Å². The van der Waals surface area contributed by atoms with Gasteiger partial charge in [-0.05, 0) is 12.7 Å². The van der Waals surface area contributed by atoms with Crippen LogP contribution in [0.3, 0.4) is 0 Å². The highest BCUT2D eigenvalue weighted by molar-refractivity contribution is 8.00. The Bertz CT molecular complexity index is 48.1. The molecule has 0 aromatic heterocycles. The van der Waals surface area contributed by atoms with E-state index < -0.39 is 4.99 Å². The van der Waals surface area contributed by atoms with E-state index in [0.717, 1.165) is 5.75 Å². The third-order valence-corrected chi connectivity index (χ3v) is 1.37. The summed E-state index contributed by atoms with van der Waals surface area (Å²) in [5.41, 5.74) is 10.8. The smallest absolute Gasteiger partial charge is 0.109 e. The van der Waals surface area contributed by atoms with Crippen LogP contribution >= 0.6 is 11.8 Å². The zero-order chi connectivity index (χ0) is 5.91. The average molecular weight is 120 g/mol. The van der Waals surface area contributed by atoms with Crippen LogP contribution in [0.4, 0.5) is 0 Å². The van der Waals surface area contributed by atoms with Gasteiger partial charge >= 0.3 is 0 Å². The molecule has 0 radical (unpaired) electrons. The molecule has 0 amide bonds. The summed E-state index contributed by atoms with van der Waals surface area (Å²) in [5, 5.41) is 0. The van der Waals surface area contributed by atoms with Crippen molar-refractivity contribution in [3.8, 4) is 0 Å². The molecule has 2 nitrogen and oxygen atoms in total. The Morgan fingerprint density at radius 1 is 1.57 bits per heavy atom. The average Bonchev–Trinajstić information content (AvgIpc) is 1.30. The van der Waals surface area contributed by atoms with Crippen LogP contribution in [-0.4, -0.2) is 10.7 Å². The molecular formula is C4H12N2S. The monoisotopic (exact) mass is 120 g/mol. The van der Waals surface area contributed by atoms with E-state index >= 15 is 0 Å². The molecule has 0 heterocycles. The van der Waals surface area contributed by atoms with E-state index in [0.29, 0.717) is 0 Å². The summed E-state index contributed by atoms with van der Waals surface area (Å²) < 4.78 is 0. The molecule has 0 aliphatic rings. The number of nitrogens with two attached hydrogens (primary N) is 2. The maximum Gasteiger partial charge on any atom is 0.109 e. The van der Waals surface area contributed by atoms with E-state index in [4.69, 9.17) is 11.5 Å². The van der Waals surface area contributed by atoms with Crippen molar-refractivity contribution in [2.75, 3.05) is 5.75 Å². The Balaban J connectivity index is 3.15. The third-order valence-electron chi connectivity index (χ3n) is 0.455. The molecule has 0 rings (SSSR count). The van der Waals surface area contributed by atoms with Gasteiger partial charge in [-0.3, -0.25) is 0 Å². The molecule has 0 aromatic rings. The van der Waals surface area contributed by atoms with Crippen LogP contribution in [0.15, 0.2) is 0 Å². The van der Waals surface area contributed by atoms with Gasteiger partial charge in [-0.25, -0.2) is 0 Å². The van der Waals surface area contributed by atoms with Crippen molar-refractivity contribution in [1.29, 1.82) is 0 Å². The fraction of sp³-hybridized carbons (Fsp3) is 1.00. The number of hydrogen-bond donors (Lipinski definition) is 2. The minimum absolute atomic E-state index is 0.533. The second-order valence-electron chi connectivity index (χ2n) is 1.62. The van der Waals surface area contributed by atoms with Crippen LogP contribution in [0.5, 0.6) is 0 Å². The summed E-state index contributed by atoms with van der Waals surface area (Å²) in [6.45, 7) is 3.82. The normalized spacial score (nSPS) is 12.0. The zero-order valence-corrected chi connectivity index (χ0v) is 5.59. The van der Waals surface area contributed by atoms with E-state index in [1.807, 2.05) is 6.92 Å². The highest BCUT2D eigenvalue weighted by Gasteiger charge is 2.07. The summed E-state index contributed by atoms with van der Waals surface area (Å²) in [6, 6.07) is 0. The molecule has 4 N–H and O–H groups in total. The van der Waals surface area contributed by atoms with Crippen molar-refractivity contribution < 1.29 is 0 Å². The second-order valence-corrected chi connectivity index (χ2v) is 3.36. The third kappa shape index (κ3) is 6.27. The zero-order valence-electron chi connectivity index (χ0n) is 4.77. The molecule has 7 heavy (non-hydrogen) atoms. The molecule has 0 bridgehead atoms. The standard InChI is InChI=1S/C4H12N2S/c1-3-7-4(2,5)6/h3,5-6H2,1-2H3. The summed E-state index contributed by atoms with van der Waals surface area (Å²) in [7, 11) is 0. The lowest BCUT2D eigenvalue weighted by Crippen LogP contribution is -2.42. The number of rotatable bonds is 2. The summed E-state index contributed by atoms with van der Waals surface area (Å²) >= 11 is 1.54. The predicted octanol–water partition coefficient (Wildman–Crippen LogP) is 0.331. The SMILES string of the molecule is CCSC(C)(N)N. The highest BCUT2D eigenvalue weighted by atomic mass is 32.2. The molecule has 0 saturated heterocycles.